The summed E-state index contributed by atoms with van der Waals surface area (Å²) in [6.07, 6.45) is 5.26. The Morgan fingerprint density at radius 1 is 0.429 bits per heavy atom. The van der Waals surface area contributed by atoms with Crippen LogP contribution < -0.4 is 11.5 Å². The second-order valence-electron chi connectivity index (χ2n) is 10.1. The van der Waals surface area contributed by atoms with Crippen LogP contribution in [0.25, 0.3) is 0 Å². The highest BCUT2D eigenvalue weighted by Crippen LogP contribution is 2.22. The van der Waals surface area contributed by atoms with E-state index >= 15 is 0 Å². The minimum Gasteiger partial charge on any atom is -0.398 e. The van der Waals surface area contributed by atoms with Crippen molar-refractivity contribution in [2.45, 2.75) is 59.8 Å². The Labute approximate surface area is 211 Å². The number of nitrogen functional groups attached to an aromatic ring is 2. The third-order valence-corrected chi connectivity index (χ3v) is 7.10. The van der Waals surface area contributed by atoms with Crippen LogP contribution in [0.5, 0.6) is 0 Å². The number of aryl methyl sites for hydroxylation is 6. The predicted molar refractivity (Wildman–Crippen MR) is 151 cm³/mol. The van der Waals surface area contributed by atoms with Gasteiger partial charge in [-0.15, -0.1) is 0 Å². The lowest BCUT2D eigenvalue weighted by Gasteiger charge is -2.10. The van der Waals surface area contributed by atoms with Crippen LogP contribution in [0, 0.1) is 27.7 Å². The van der Waals surface area contributed by atoms with Crippen molar-refractivity contribution in [1.82, 2.24) is 0 Å². The molecule has 2 nitrogen and oxygen atoms in total. The maximum atomic E-state index is 6.10. The van der Waals surface area contributed by atoms with Crippen molar-refractivity contribution in [3.63, 3.8) is 0 Å². The minimum absolute atomic E-state index is 0.908. The van der Waals surface area contributed by atoms with Crippen molar-refractivity contribution < 1.29 is 0 Å². The summed E-state index contributed by atoms with van der Waals surface area (Å²) in [4.78, 5) is 0. The molecule has 0 aliphatic rings. The summed E-state index contributed by atoms with van der Waals surface area (Å²) >= 11 is 0. The number of hydrogen-bond donors (Lipinski definition) is 2. The van der Waals surface area contributed by atoms with Crippen molar-refractivity contribution in [2.24, 2.45) is 0 Å². The maximum Gasteiger partial charge on any atom is 0.0373 e. The average molecular weight is 463 g/mol. The Bertz CT molecular complexity index is 1150. The summed E-state index contributed by atoms with van der Waals surface area (Å²) in [5, 5.41) is 0. The molecule has 35 heavy (non-hydrogen) atoms. The predicted octanol–water partition coefficient (Wildman–Crippen LogP) is 7.44. The molecular formula is C33H38N2. The number of hydrogen-bond acceptors (Lipinski definition) is 2. The monoisotopic (exact) mass is 462 g/mol. The van der Waals surface area contributed by atoms with Gasteiger partial charge < -0.3 is 11.5 Å². The zero-order chi connectivity index (χ0) is 24.9. The lowest BCUT2D eigenvalue weighted by Crippen LogP contribution is -1.98. The van der Waals surface area contributed by atoms with Crippen molar-refractivity contribution in [1.29, 1.82) is 0 Å². The van der Waals surface area contributed by atoms with E-state index < -0.39 is 0 Å². The van der Waals surface area contributed by atoms with Crippen LogP contribution in [0.1, 0.15) is 62.1 Å². The van der Waals surface area contributed by atoms with Crippen LogP contribution in [-0.2, 0) is 25.7 Å². The zero-order valence-electron chi connectivity index (χ0n) is 21.6. The molecule has 0 amide bonds. The molecule has 0 unspecified atom stereocenters. The van der Waals surface area contributed by atoms with Crippen LogP contribution in [0.2, 0.25) is 0 Å². The molecule has 0 spiro atoms. The standard InChI is InChI=1S/C33H38N2/c1-22-16-30(17-23(2)32(22)34)20-28-12-8-26(9-13-28)6-5-7-27-10-14-29(15-11-27)21-31-18-24(3)33(35)25(4)19-31/h8-19H,5-7,20-21,34-35H2,1-4H3. The van der Waals surface area contributed by atoms with Gasteiger partial charge in [0, 0.05) is 11.4 Å². The van der Waals surface area contributed by atoms with Crippen molar-refractivity contribution in [3.8, 4) is 0 Å². The molecule has 0 saturated carbocycles. The van der Waals surface area contributed by atoms with Gasteiger partial charge in [0.25, 0.3) is 0 Å². The van der Waals surface area contributed by atoms with Gasteiger partial charge >= 0.3 is 0 Å². The van der Waals surface area contributed by atoms with E-state index in [2.05, 4.69) is 100 Å². The van der Waals surface area contributed by atoms with Gasteiger partial charge in [-0.25, -0.2) is 0 Å². The lowest BCUT2D eigenvalue weighted by molar-refractivity contribution is 0.819. The Kier molecular flexibility index (Phi) is 7.60. The normalized spacial score (nSPS) is 11.1. The first-order chi connectivity index (χ1) is 16.8. The molecule has 0 aliphatic carbocycles. The van der Waals surface area contributed by atoms with Crippen LogP contribution in [0.4, 0.5) is 11.4 Å². The Morgan fingerprint density at radius 3 is 1.03 bits per heavy atom. The Balaban J connectivity index is 1.27. The number of anilines is 2. The summed E-state index contributed by atoms with van der Waals surface area (Å²) in [6, 6.07) is 27.0. The second kappa shape index (κ2) is 10.8. The molecule has 0 aliphatic heterocycles. The van der Waals surface area contributed by atoms with E-state index in [4.69, 9.17) is 11.5 Å². The molecule has 0 bridgehead atoms. The van der Waals surface area contributed by atoms with E-state index in [1.54, 1.807) is 0 Å². The Morgan fingerprint density at radius 2 is 0.714 bits per heavy atom. The summed E-state index contributed by atoms with van der Waals surface area (Å²) in [7, 11) is 0. The number of rotatable bonds is 8. The molecule has 0 radical (unpaired) electrons. The Hall–Kier alpha value is -3.52. The average Bonchev–Trinajstić information content (AvgIpc) is 2.83. The summed E-state index contributed by atoms with van der Waals surface area (Å²) in [5.41, 5.74) is 26.8. The molecule has 0 heterocycles. The highest BCUT2D eigenvalue weighted by atomic mass is 14.6. The van der Waals surface area contributed by atoms with Crippen molar-refractivity contribution >= 4 is 11.4 Å². The van der Waals surface area contributed by atoms with Gasteiger partial charge in [0.15, 0.2) is 0 Å². The first kappa shape index (κ1) is 24.6. The third-order valence-electron chi connectivity index (χ3n) is 7.10. The highest BCUT2D eigenvalue weighted by molar-refractivity contribution is 5.55. The maximum absolute atomic E-state index is 6.10. The summed E-state index contributed by atoms with van der Waals surface area (Å²) < 4.78 is 0. The SMILES string of the molecule is Cc1cc(Cc2ccc(CCCc3ccc(Cc4cc(C)c(N)c(C)c4)cc3)cc2)cc(C)c1N. The van der Waals surface area contributed by atoms with E-state index in [-0.39, 0.29) is 0 Å². The first-order valence-electron chi connectivity index (χ1n) is 12.7. The van der Waals surface area contributed by atoms with Gasteiger partial charge in [-0.05, 0) is 115 Å². The molecular weight excluding hydrogens is 424 g/mol. The quantitative estimate of drug-likeness (QED) is 0.267. The van der Waals surface area contributed by atoms with Crippen LogP contribution in [0.15, 0.2) is 72.8 Å². The van der Waals surface area contributed by atoms with E-state index in [0.717, 1.165) is 43.5 Å². The van der Waals surface area contributed by atoms with Crippen LogP contribution in [-0.4, -0.2) is 0 Å². The minimum atomic E-state index is 0.908. The van der Waals surface area contributed by atoms with E-state index in [1.807, 2.05) is 0 Å². The van der Waals surface area contributed by atoms with Crippen molar-refractivity contribution in [3.05, 3.63) is 128 Å². The summed E-state index contributed by atoms with van der Waals surface area (Å²) in [6.45, 7) is 8.35. The molecule has 2 heteroatoms. The molecule has 0 fully saturated rings. The fraction of sp³-hybridized carbons (Fsp3) is 0.273. The van der Waals surface area contributed by atoms with Crippen LogP contribution in [0.3, 0.4) is 0 Å². The summed E-state index contributed by atoms with van der Waals surface area (Å²) in [5.74, 6) is 0. The van der Waals surface area contributed by atoms with E-state index in [1.165, 1.54) is 55.6 Å². The van der Waals surface area contributed by atoms with E-state index in [9.17, 15) is 0 Å². The second-order valence-corrected chi connectivity index (χ2v) is 10.1. The van der Waals surface area contributed by atoms with E-state index in [0.29, 0.717) is 0 Å². The van der Waals surface area contributed by atoms with Crippen molar-refractivity contribution in [2.75, 3.05) is 11.5 Å². The molecule has 180 valence electrons. The van der Waals surface area contributed by atoms with Gasteiger partial charge in [-0.2, -0.15) is 0 Å². The molecule has 4 rings (SSSR count). The molecule has 0 aromatic heterocycles. The molecule has 0 saturated heterocycles. The largest absolute Gasteiger partial charge is 0.398 e. The van der Waals surface area contributed by atoms with Crippen LogP contribution >= 0.6 is 0 Å². The first-order valence-corrected chi connectivity index (χ1v) is 12.7. The number of benzene rings is 4. The number of nitrogens with two attached hydrogens (primary N) is 2. The van der Waals surface area contributed by atoms with Gasteiger partial charge in [-0.3, -0.25) is 0 Å². The fourth-order valence-corrected chi connectivity index (χ4v) is 4.95. The van der Waals surface area contributed by atoms with Gasteiger partial charge in [0.1, 0.15) is 0 Å². The van der Waals surface area contributed by atoms with Gasteiger partial charge in [0.2, 0.25) is 0 Å². The molecule has 0 atom stereocenters. The van der Waals surface area contributed by atoms with Gasteiger partial charge in [-0.1, -0.05) is 72.8 Å². The molecule has 4 aromatic carbocycles. The smallest absolute Gasteiger partial charge is 0.0373 e. The molecule has 4 aromatic rings. The highest BCUT2D eigenvalue weighted by Gasteiger charge is 2.05. The fourth-order valence-electron chi connectivity index (χ4n) is 4.95. The van der Waals surface area contributed by atoms with Gasteiger partial charge in [0.05, 0.1) is 0 Å². The lowest BCUT2D eigenvalue weighted by atomic mass is 9.97. The topological polar surface area (TPSA) is 52.0 Å². The zero-order valence-corrected chi connectivity index (χ0v) is 21.6. The third kappa shape index (κ3) is 6.33. The molecule has 4 N–H and O–H groups in total.